The molecule has 0 aromatic heterocycles. The number of anilines is 1. The first kappa shape index (κ1) is 27.7. The van der Waals surface area contributed by atoms with Gasteiger partial charge in [-0.2, -0.15) is 4.31 Å². The van der Waals surface area contributed by atoms with E-state index in [2.05, 4.69) is 5.32 Å². The van der Waals surface area contributed by atoms with Crippen LogP contribution in [0.25, 0.3) is 0 Å². The fourth-order valence-electron chi connectivity index (χ4n) is 5.15. The van der Waals surface area contributed by atoms with Gasteiger partial charge < -0.3 is 19.7 Å². The van der Waals surface area contributed by atoms with Crippen LogP contribution in [-0.4, -0.2) is 63.9 Å². The SMILES string of the molecule is COc1ccc(S(=O)(=O)N2CCC[C@@H](C(=O)N3C[C@H](C(=O)NCCc4ccccc4)Oc4ccccc43)C2)cc1. The number of carbonyl (C=O) groups is 2. The van der Waals surface area contributed by atoms with Crippen LogP contribution in [0.3, 0.4) is 0 Å². The van der Waals surface area contributed by atoms with Gasteiger partial charge in [0, 0.05) is 19.6 Å². The number of hydrogen-bond donors (Lipinski definition) is 1. The molecule has 10 heteroatoms. The van der Waals surface area contributed by atoms with Crippen molar-refractivity contribution in [3.05, 3.63) is 84.4 Å². The highest BCUT2D eigenvalue weighted by molar-refractivity contribution is 7.89. The summed E-state index contributed by atoms with van der Waals surface area (Å²) >= 11 is 0. The molecule has 210 valence electrons. The Balaban J connectivity index is 1.29. The fraction of sp³-hybridized carbons (Fsp3) is 0.333. The van der Waals surface area contributed by atoms with Gasteiger partial charge in [0.25, 0.3) is 5.91 Å². The highest BCUT2D eigenvalue weighted by Crippen LogP contribution is 2.35. The molecule has 2 heterocycles. The summed E-state index contributed by atoms with van der Waals surface area (Å²) in [5, 5.41) is 2.93. The molecule has 5 rings (SSSR count). The molecule has 0 radical (unpaired) electrons. The first-order valence-corrected chi connectivity index (χ1v) is 14.8. The molecular formula is C30H33N3O6S. The summed E-state index contributed by atoms with van der Waals surface area (Å²) < 4.78 is 39.2. The lowest BCUT2D eigenvalue weighted by Crippen LogP contribution is -2.54. The first-order valence-electron chi connectivity index (χ1n) is 13.4. The maximum Gasteiger partial charge on any atom is 0.262 e. The monoisotopic (exact) mass is 563 g/mol. The van der Waals surface area contributed by atoms with Gasteiger partial charge in [-0.1, -0.05) is 42.5 Å². The van der Waals surface area contributed by atoms with E-state index >= 15 is 0 Å². The Hall–Kier alpha value is -3.89. The molecule has 1 saturated heterocycles. The van der Waals surface area contributed by atoms with E-state index in [1.165, 1.54) is 23.5 Å². The zero-order chi connectivity index (χ0) is 28.1. The van der Waals surface area contributed by atoms with Crippen LogP contribution in [0.15, 0.2) is 83.8 Å². The number of nitrogens with one attached hydrogen (secondary N) is 1. The summed E-state index contributed by atoms with van der Waals surface area (Å²) in [7, 11) is -2.26. The number of ether oxygens (including phenoxy) is 2. The number of hydrogen-bond acceptors (Lipinski definition) is 6. The van der Waals surface area contributed by atoms with Gasteiger partial charge in [-0.3, -0.25) is 9.59 Å². The lowest BCUT2D eigenvalue weighted by molar-refractivity contribution is -0.129. The molecule has 2 aliphatic heterocycles. The van der Waals surface area contributed by atoms with Crippen LogP contribution >= 0.6 is 0 Å². The summed E-state index contributed by atoms with van der Waals surface area (Å²) in [4.78, 5) is 28.7. The molecular weight excluding hydrogens is 530 g/mol. The molecule has 0 aliphatic carbocycles. The molecule has 2 aliphatic rings. The minimum Gasteiger partial charge on any atom is -0.497 e. The van der Waals surface area contributed by atoms with Crippen LogP contribution in [0.2, 0.25) is 0 Å². The minimum absolute atomic E-state index is 0.0503. The molecule has 0 saturated carbocycles. The highest BCUT2D eigenvalue weighted by Gasteiger charge is 2.39. The van der Waals surface area contributed by atoms with Crippen molar-refractivity contribution in [2.45, 2.75) is 30.3 Å². The smallest absolute Gasteiger partial charge is 0.262 e. The van der Waals surface area contributed by atoms with E-state index in [0.29, 0.717) is 49.5 Å². The van der Waals surface area contributed by atoms with Crippen molar-refractivity contribution in [2.75, 3.05) is 38.2 Å². The molecule has 2 amide bonds. The maximum absolute atomic E-state index is 13.9. The molecule has 2 atom stereocenters. The third-order valence-electron chi connectivity index (χ3n) is 7.32. The van der Waals surface area contributed by atoms with E-state index in [1.54, 1.807) is 35.2 Å². The first-order chi connectivity index (χ1) is 19.4. The summed E-state index contributed by atoms with van der Waals surface area (Å²) in [5.41, 5.74) is 1.69. The summed E-state index contributed by atoms with van der Waals surface area (Å²) in [6, 6.07) is 23.2. The van der Waals surface area contributed by atoms with Crippen molar-refractivity contribution in [1.82, 2.24) is 9.62 Å². The Morgan fingerprint density at radius 2 is 1.70 bits per heavy atom. The summed E-state index contributed by atoms with van der Waals surface area (Å²) in [6.07, 6.45) is 0.915. The summed E-state index contributed by atoms with van der Waals surface area (Å²) in [6.45, 7) is 0.902. The van der Waals surface area contributed by atoms with Gasteiger partial charge in [0.15, 0.2) is 6.10 Å². The number of rotatable bonds is 8. The van der Waals surface area contributed by atoms with E-state index in [1.807, 2.05) is 36.4 Å². The molecule has 3 aromatic rings. The minimum atomic E-state index is -3.78. The number of fused-ring (bicyclic) bond motifs is 1. The second-order valence-corrected chi connectivity index (χ2v) is 11.9. The van der Waals surface area contributed by atoms with Gasteiger partial charge in [0.1, 0.15) is 11.5 Å². The van der Waals surface area contributed by atoms with Gasteiger partial charge >= 0.3 is 0 Å². The maximum atomic E-state index is 13.9. The van der Waals surface area contributed by atoms with E-state index in [9.17, 15) is 18.0 Å². The molecule has 0 unspecified atom stereocenters. The van der Waals surface area contributed by atoms with Gasteiger partial charge in [-0.25, -0.2) is 8.42 Å². The third-order valence-corrected chi connectivity index (χ3v) is 9.20. The predicted octanol–water partition coefficient (Wildman–Crippen LogP) is 3.25. The Kier molecular flexibility index (Phi) is 8.37. The number of amides is 2. The molecule has 9 nitrogen and oxygen atoms in total. The average Bonchev–Trinajstić information content (AvgIpc) is 3.00. The zero-order valence-electron chi connectivity index (χ0n) is 22.4. The van der Waals surface area contributed by atoms with E-state index in [4.69, 9.17) is 9.47 Å². The third kappa shape index (κ3) is 5.97. The van der Waals surface area contributed by atoms with Crippen molar-refractivity contribution in [2.24, 2.45) is 5.92 Å². The Morgan fingerprint density at radius 3 is 2.45 bits per heavy atom. The van der Waals surface area contributed by atoms with Gasteiger partial charge in [0.2, 0.25) is 15.9 Å². The van der Waals surface area contributed by atoms with E-state index in [-0.39, 0.29) is 29.8 Å². The predicted molar refractivity (Wildman–Crippen MR) is 151 cm³/mol. The van der Waals surface area contributed by atoms with Crippen LogP contribution in [0.4, 0.5) is 5.69 Å². The number of para-hydroxylation sites is 2. The quantitative estimate of drug-likeness (QED) is 0.451. The van der Waals surface area contributed by atoms with Crippen LogP contribution in [-0.2, 0) is 26.0 Å². The number of nitrogens with zero attached hydrogens (tertiary/aromatic N) is 2. The Labute approximate surface area is 234 Å². The number of carbonyl (C=O) groups excluding carboxylic acids is 2. The van der Waals surface area contributed by atoms with E-state index in [0.717, 1.165) is 5.56 Å². The average molecular weight is 564 g/mol. The van der Waals surface area contributed by atoms with Crippen LogP contribution in [0, 0.1) is 5.92 Å². The fourth-order valence-corrected chi connectivity index (χ4v) is 6.67. The number of sulfonamides is 1. The second kappa shape index (κ2) is 12.1. The van der Waals surface area contributed by atoms with Crippen LogP contribution in [0.1, 0.15) is 18.4 Å². The topological polar surface area (TPSA) is 105 Å². The largest absolute Gasteiger partial charge is 0.497 e. The molecule has 1 fully saturated rings. The van der Waals surface area contributed by atoms with Crippen molar-refractivity contribution in [3.8, 4) is 11.5 Å². The van der Waals surface area contributed by atoms with Crippen molar-refractivity contribution in [3.63, 3.8) is 0 Å². The molecule has 3 aromatic carbocycles. The van der Waals surface area contributed by atoms with Crippen molar-refractivity contribution in [1.29, 1.82) is 0 Å². The van der Waals surface area contributed by atoms with Crippen molar-refractivity contribution < 1.29 is 27.5 Å². The molecule has 1 N–H and O–H groups in total. The number of piperidine rings is 1. The number of benzene rings is 3. The normalized spacial score (nSPS) is 19.3. The van der Waals surface area contributed by atoms with Crippen LogP contribution < -0.4 is 19.7 Å². The molecule has 40 heavy (non-hydrogen) atoms. The second-order valence-electron chi connectivity index (χ2n) is 9.93. The van der Waals surface area contributed by atoms with Gasteiger partial charge in [0.05, 0.1) is 30.2 Å². The molecule has 0 spiro atoms. The standard InChI is InChI=1S/C30H33N3O6S/c1-38-24-13-15-25(16-14-24)40(36,37)32-19-7-10-23(20-32)30(35)33-21-28(39-27-12-6-5-11-26(27)33)29(34)31-18-17-22-8-3-2-4-9-22/h2-6,8-9,11-16,23,28H,7,10,17-21H2,1H3,(H,31,34)/t23-,28-/m1/s1. The highest BCUT2D eigenvalue weighted by atomic mass is 32.2. The summed E-state index contributed by atoms with van der Waals surface area (Å²) in [5.74, 6) is -0.0445. The lowest BCUT2D eigenvalue weighted by Gasteiger charge is -2.38. The van der Waals surface area contributed by atoms with Gasteiger partial charge in [-0.15, -0.1) is 0 Å². The Bertz CT molecular complexity index is 1450. The number of methoxy groups -OCH3 is 1. The Morgan fingerprint density at radius 1 is 0.975 bits per heavy atom. The van der Waals surface area contributed by atoms with Gasteiger partial charge in [-0.05, 0) is 61.2 Å². The van der Waals surface area contributed by atoms with Crippen molar-refractivity contribution >= 4 is 27.5 Å². The lowest BCUT2D eigenvalue weighted by atomic mass is 9.97. The van der Waals surface area contributed by atoms with Crippen LogP contribution in [0.5, 0.6) is 11.5 Å². The zero-order valence-corrected chi connectivity index (χ0v) is 23.2. The van der Waals surface area contributed by atoms with E-state index < -0.39 is 22.0 Å². The molecule has 0 bridgehead atoms.